The minimum atomic E-state index is -0.119. The van der Waals surface area contributed by atoms with Gasteiger partial charge in [0.05, 0.1) is 7.11 Å². The molecule has 4 heteroatoms. The number of nitrogens with zero attached hydrogens (tertiary/aromatic N) is 2. The van der Waals surface area contributed by atoms with Gasteiger partial charge in [-0.2, -0.15) is 4.98 Å². The molecule has 0 N–H and O–H groups in total. The molecule has 0 bridgehead atoms. The summed E-state index contributed by atoms with van der Waals surface area (Å²) < 4.78 is 10.6. The predicted octanol–water partition coefficient (Wildman–Crippen LogP) is 2.97. The lowest BCUT2D eigenvalue weighted by Crippen LogP contribution is -2.11. The van der Waals surface area contributed by atoms with Crippen molar-refractivity contribution in [2.75, 3.05) is 7.11 Å². The zero-order chi connectivity index (χ0) is 13.2. The maximum Gasteiger partial charge on any atom is 0.232 e. The molecule has 0 aliphatic rings. The third kappa shape index (κ3) is 2.70. The molecule has 0 amide bonds. The standard InChI is InChI=1S/C14H18N2O2/c1-14(2,3)13-15-12(16-18-13)9-10-7-5-6-8-11(10)17-4/h5-8H,9H2,1-4H3. The van der Waals surface area contributed by atoms with Crippen LogP contribution in [0.5, 0.6) is 5.75 Å². The number of hydrogen-bond donors (Lipinski definition) is 0. The van der Waals surface area contributed by atoms with Gasteiger partial charge in [0.1, 0.15) is 5.75 Å². The summed E-state index contributed by atoms with van der Waals surface area (Å²) in [7, 11) is 1.66. The van der Waals surface area contributed by atoms with Crippen LogP contribution in [0.3, 0.4) is 0 Å². The van der Waals surface area contributed by atoms with Gasteiger partial charge in [0.2, 0.25) is 5.89 Å². The summed E-state index contributed by atoms with van der Waals surface area (Å²) in [6, 6.07) is 7.85. The summed E-state index contributed by atoms with van der Waals surface area (Å²) >= 11 is 0. The molecule has 1 aromatic heterocycles. The van der Waals surface area contributed by atoms with Crippen LogP contribution < -0.4 is 4.74 Å². The van der Waals surface area contributed by atoms with E-state index in [-0.39, 0.29) is 5.41 Å². The lowest BCUT2D eigenvalue weighted by atomic mass is 9.97. The highest BCUT2D eigenvalue weighted by atomic mass is 16.5. The van der Waals surface area contributed by atoms with E-state index in [1.54, 1.807) is 7.11 Å². The predicted molar refractivity (Wildman–Crippen MR) is 68.8 cm³/mol. The van der Waals surface area contributed by atoms with E-state index in [2.05, 4.69) is 10.1 Å². The lowest BCUT2D eigenvalue weighted by molar-refractivity contribution is 0.318. The Morgan fingerprint density at radius 2 is 1.94 bits per heavy atom. The molecule has 0 unspecified atom stereocenters. The molecule has 1 aromatic carbocycles. The average Bonchev–Trinajstić information content (AvgIpc) is 2.78. The Hall–Kier alpha value is -1.84. The quantitative estimate of drug-likeness (QED) is 0.835. The monoisotopic (exact) mass is 246 g/mol. The molecule has 0 spiro atoms. The second kappa shape index (κ2) is 4.80. The molecule has 2 aromatic rings. The highest BCUT2D eigenvalue weighted by Gasteiger charge is 2.21. The van der Waals surface area contributed by atoms with Crippen LogP contribution in [0.2, 0.25) is 0 Å². The van der Waals surface area contributed by atoms with Crippen LogP contribution in [0.1, 0.15) is 38.0 Å². The summed E-state index contributed by atoms with van der Waals surface area (Å²) in [4.78, 5) is 4.42. The van der Waals surface area contributed by atoms with E-state index in [0.717, 1.165) is 11.3 Å². The second-order valence-electron chi connectivity index (χ2n) is 5.25. The van der Waals surface area contributed by atoms with Crippen molar-refractivity contribution in [3.8, 4) is 5.75 Å². The van der Waals surface area contributed by atoms with Gasteiger partial charge in [0.15, 0.2) is 5.82 Å². The maximum atomic E-state index is 5.31. The molecular formula is C14H18N2O2. The van der Waals surface area contributed by atoms with Gasteiger partial charge in [-0.25, -0.2) is 0 Å². The van der Waals surface area contributed by atoms with Crippen molar-refractivity contribution < 1.29 is 9.26 Å². The maximum absolute atomic E-state index is 5.31. The summed E-state index contributed by atoms with van der Waals surface area (Å²) in [6.45, 7) is 6.15. The van der Waals surface area contributed by atoms with Crippen molar-refractivity contribution in [2.24, 2.45) is 0 Å². The molecule has 4 nitrogen and oxygen atoms in total. The van der Waals surface area contributed by atoms with Gasteiger partial charge in [0, 0.05) is 17.4 Å². The summed E-state index contributed by atoms with van der Waals surface area (Å²) in [6.07, 6.45) is 0.615. The van der Waals surface area contributed by atoms with E-state index in [1.165, 1.54) is 0 Å². The first kappa shape index (κ1) is 12.6. The molecule has 0 atom stereocenters. The van der Waals surface area contributed by atoms with E-state index in [9.17, 15) is 0 Å². The Morgan fingerprint density at radius 1 is 1.22 bits per heavy atom. The molecule has 0 saturated carbocycles. The summed E-state index contributed by atoms with van der Waals surface area (Å²) in [5, 5.41) is 4.01. The zero-order valence-corrected chi connectivity index (χ0v) is 11.2. The topological polar surface area (TPSA) is 48.2 Å². The third-order valence-corrected chi connectivity index (χ3v) is 2.65. The van der Waals surface area contributed by atoms with Gasteiger partial charge in [0.25, 0.3) is 0 Å². The molecule has 18 heavy (non-hydrogen) atoms. The van der Waals surface area contributed by atoms with Crippen molar-refractivity contribution in [2.45, 2.75) is 32.6 Å². The first-order chi connectivity index (χ1) is 8.50. The van der Waals surface area contributed by atoms with Crippen LogP contribution in [-0.2, 0) is 11.8 Å². The van der Waals surface area contributed by atoms with Gasteiger partial charge >= 0.3 is 0 Å². The van der Waals surface area contributed by atoms with Crippen molar-refractivity contribution in [3.63, 3.8) is 0 Å². The molecule has 0 aliphatic heterocycles. The highest BCUT2D eigenvalue weighted by Crippen LogP contribution is 2.23. The van der Waals surface area contributed by atoms with Crippen LogP contribution in [0.4, 0.5) is 0 Å². The van der Waals surface area contributed by atoms with Gasteiger partial charge in [-0.3, -0.25) is 0 Å². The molecular weight excluding hydrogens is 228 g/mol. The van der Waals surface area contributed by atoms with Crippen LogP contribution in [-0.4, -0.2) is 17.3 Å². The van der Waals surface area contributed by atoms with Crippen LogP contribution in [0.25, 0.3) is 0 Å². The van der Waals surface area contributed by atoms with Crippen molar-refractivity contribution in [1.29, 1.82) is 0 Å². The number of benzene rings is 1. The van der Waals surface area contributed by atoms with Gasteiger partial charge in [-0.05, 0) is 6.07 Å². The van der Waals surface area contributed by atoms with Gasteiger partial charge in [-0.1, -0.05) is 44.1 Å². The van der Waals surface area contributed by atoms with E-state index in [0.29, 0.717) is 18.1 Å². The van der Waals surface area contributed by atoms with Crippen molar-refractivity contribution in [1.82, 2.24) is 10.1 Å². The molecule has 0 radical (unpaired) electrons. The van der Waals surface area contributed by atoms with Crippen LogP contribution >= 0.6 is 0 Å². The van der Waals surface area contributed by atoms with E-state index < -0.39 is 0 Å². The van der Waals surface area contributed by atoms with E-state index >= 15 is 0 Å². The van der Waals surface area contributed by atoms with Crippen molar-refractivity contribution >= 4 is 0 Å². The fraction of sp³-hybridized carbons (Fsp3) is 0.429. The average molecular weight is 246 g/mol. The number of aromatic nitrogens is 2. The van der Waals surface area contributed by atoms with Gasteiger partial charge in [-0.15, -0.1) is 0 Å². The Labute approximate surface area is 107 Å². The third-order valence-electron chi connectivity index (χ3n) is 2.65. The van der Waals surface area contributed by atoms with Crippen molar-refractivity contribution in [3.05, 3.63) is 41.5 Å². The molecule has 0 aliphatic carbocycles. The molecule has 96 valence electrons. The highest BCUT2D eigenvalue weighted by molar-refractivity contribution is 5.35. The summed E-state index contributed by atoms with van der Waals surface area (Å²) in [5.74, 6) is 2.19. The van der Waals surface area contributed by atoms with E-state index in [1.807, 2.05) is 45.0 Å². The lowest BCUT2D eigenvalue weighted by Gasteiger charge is -2.10. The number of ether oxygens (including phenoxy) is 1. The molecule has 0 fully saturated rings. The number of rotatable bonds is 3. The Balaban J connectivity index is 2.22. The number of hydrogen-bond acceptors (Lipinski definition) is 4. The SMILES string of the molecule is COc1ccccc1Cc1noc(C(C)(C)C)n1. The Bertz CT molecular complexity index is 527. The first-order valence-corrected chi connectivity index (χ1v) is 5.95. The summed E-state index contributed by atoms with van der Waals surface area (Å²) in [5.41, 5.74) is 0.938. The van der Waals surface area contributed by atoms with Gasteiger partial charge < -0.3 is 9.26 Å². The number of para-hydroxylation sites is 1. The Kier molecular flexibility index (Phi) is 3.36. The fourth-order valence-corrected chi connectivity index (χ4v) is 1.65. The minimum absolute atomic E-state index is 0.119. The van der Waals surface area contributed by atoms with E-state index in [4.69, 9.17) is 9.26 Å². The molecule has 0 saturated heterocycles. The van der Waals surface area contributed by atoms with Crippen LogP contribution in [0, 0.1) is 0 Å². The minimum Gasteiger partial charge on any atom is -0.496 e. The Morgan fingerprint density at radius 3 is 2.56 bits per heavy atom. The molecule has 1 heterocycles. The largest absolute Gasteiger partial charge is 0.496 e. The zero-order valence-electron chi connectivity index (χ0n) is 11.2. The first-order valence-electron chi connectivity index (χ1n) is 5.95. The smallest absolute Gasteiger partial charge is 0.232 e. The normalized spacial score (nSPS) is 11.6. The van der Waals surface area contributed by atoms with Crippen LogP contribution in [0.15, 0.2) is 28.8 Å². The second-order valence-corrected chi connectivity index (χ2v) is 5.25. The number of methoxy groups -OCH3 is 1. The fourth-order valence-electron chi connectivity index (χ4n) is 1.65. The molecule has 2 rings (SSSR count).